The van der Waals surface area contributed by atoms with E-state index in [2.05, 4.69) is 51.8 Å². The third-order valence-corrected chi connectivity index (χ3v) is 4.16. The largest absolute Gasteiger partial charge is 0.456 e. The van der Waals surface area contributed by atoms with Gasteiger partial charge in [0.25, 0.3) is 0 Å². The minimum atomic E-state index is 0.393. The molecule has 20 heavy (non-hydrogen) atoms. The molecule has 2 rings (SSSR count). The lowest BCUT2D eigenvalue weighted by atomic mass is 10.0. The standard InChI is InChI=1S/C16H17Br2NO/c1-10(2)13-8-12(17)4-6-15(13)20-16-5-3-11(9-19)7-14(16)18/h3-8,10H,9,19H2,1-2H3. The highest BCUT2D eigenvalue weighted by atomic mass is 79.9. The Morgan fingerprint density at radius 3 is 2.35 bits per heavy atom. The predicted molar refractivity (Wildman–Crippen MR) is 90.3 cm³/mol. The average Bonchev–Trinajstić information content (AvgIpc) is 2.42. The first-order valence-corrected chi connectivity index (χ1v) is 8.05. The fourth-order valence-corrected chi connectivity index (χ4v) is 2.82. The van der Waals surface area contributed by atoms with Gasteiger partial charge in [0.1, 0.15) is 11.5 Å². The quantitative estimate of drug-likeness (QED) is 0.728. The van der Waals surface area contributed by atoms with Crippen LogP contribution in [0.2, 0.25) is 0 Å². The van der Waals surface area contributed by atoms with Gasteiger partial charge in [0, 0.05) is 11.0 Å². The molecule has 2 nitrogen and oxygen atoms in total. The highest BCUT2D eigenvalue weighted by Gasteiger charge is 2.11. The number of benzene rings is 2. The molecule has 2 aromatic rings. The van der Waals surface area contributed by atoms with E-state index in [-0.39, 0.29) is 0 Å². The summed E-state index contributed by atoms with van der Waals surface area (Å²) in [7, 11) is 0. The van der Waals surface area contributed by atoms with Crippen LogP contribution in [0.5, 0.6) is 11.5 Å². The molecule has 106 valence electrons. The van der Waals surface area contributed by atoms with Crippen molar-refractivity contribution in [2.75, 3.05) is 0 Å². The van der Waals surface area contributed by atoms with Gasteiger partial charge in [-0.1, -0.05) is 35.8 Å². The molecule has 0 atom stereocenters. The van der Waals surface area contributed by atoms with Crippen LogP contribution in [0.4, 0.5) is 0 Å². The maximum Gasteiger partial charge on any atom is 0.141 e. The van der Waals surface area contributed by atoms with Crippen LogP contribution < -0.4 is 10.5 Å². The Labute approximate surface area is 136 Å². The Morgan fingerprint density at radius 2 is 1.75 bits per heavy atom. The minimum absolute atomic E-state index is 0.393. The van der Waals surface area contributed by atoms with E-state index in [1.807, 2.05) is 30.3 Å². The SMILES string of the molecule is CC(C)c1cc(Br)ccc1Oc1ccc(CN)cc1Br. The molecule has 0 amide bonds. The number of hydrogen-bond acceptors (Lipinski definition) is 2. The van der Waals surface area contributed by atoms with Crippen molar-refractivity contribution in [1.82, 2.24) is 0 Å². The lowest BCUT2D eigenvalue weighted by Gasteiger charge is -2.15. The summed E-state index contributed by atoms with van der Waals surface area (Å²) in [6.07, 6.45) is 0. The topological polar surface area (TPSA) is 35.2 Å². The molecular weight excluding hydrogens is 382 g/mol. The Bertz CT molecular complexity index is 611. The van der Waals surface area contributed by atoms with Crippen molar-refractivity contribution in [3.05, 3.63) is 56.5 Å². The zero-order valence-electron chi connectivity index (χ0n) is 11.5. The minimum Gasteiger partial charge on any atom is -0.456 e. The second-order valence-electron chi connectivity index (χ2n) is 4.91. The van der Waals surface area contributed by atoms with Gasteiger partial charge in [-0.05, 0) is 63.3 Å². The molecule has 0 aliphatic carbocycles. The average molecular weight is 399 g/mol. The molecule has 0 aromatic heterocycles. The van der Waals surface area contributed by atoms with E-state index in [0.717, 1.165) is 26.0 Å². The first-order chi connectivity index (χ1) is 9.51. The van der Waals surface area contributed by atoms with E-state index < -0.39 is 0 Å². The van der Waals surface area contributed by atoms with Gasteiger partial charge >= 0.3 is 0 Å². The lowest BCUT2D eigenvalue weighted by Crippen LogP contribution is -1.97. The van der Waals surface area contributed by atoms with Gasteiger partial charge in [-0.15, -0.1) is 0 Å². The summed E-state index contributed by atoms with van der Waals surface area (Å²) in [4.78, 5) is 0. The Hall–Kier alpha value is -0.840. The molecule has 0 unspecified atom stereocenters. The van der Waals surface area contributed by atoms with Crippen molar-refractivity contribution < 1.29 is 4.74 Å². The summed E-state index contributed by atoms with van der Waals surface area (Å²) in [5.41, 5.74) is 7.88. The third kappa shape index (κ3) is 3.62. The van der Waals surface area contributed by atoms with Crippen molar-refractivity contribution in [2.24, 2.45) is 5.73 Å². The van der Waals surface area contributed by atoms with E-state index in [1.165, 1.54) is 5.56 Å². The lowest BCUT2D eigenvalue weighted by molar-refractivity contribution is 0.470. The van der Waals surface area contributed by atoms with Crippen molar-refractivity contribution in [1.29, 1.82) is 0 Å². The number of hydrogen-bond donors (Lipinski definition) is 1. The molecule has 0 saturated heterocycles. The van der Waals surface area contributed by atoms with Crippen molar-refractivity contribution >= 4 is 31.9 Å². The summed E-state index contributed by atoms with van der Waals surface area (Å²) in [5.74, 6) is 2.07. The van der Waals surface area contributed by atoms with Crippen LogP contribution in [0.3, 0.4) is 0 Å². The molecule has 0 bridgehead atoms. The van der Waals surface area contributed by atoms with Gasteiger partial charge in [-0.2, -0.15) is 0 Å². The van der Waals surface area contributed by atoms with Gasteiger partial charge < -0.3 is 10.5 Å². The summed E-state index contributed by atoms with van der Waals surface area (Å²) < 4.78 is 8.02. The van der Waals surface area contributed by atoms with Crippen LogP contribution in [0, 0.1) is 0 Å². The van der Waals surface area contributed by atoms with E-state index in [1.54, 1.807) is 0 Å². The van der Waals surface area contributed by atoms with Crippen molar-refractivity contribution in [3.8, 4) is 11.5 Å². The van der Waals surface area contributed by atoms with Crippen LogP contribution in [-0.4, -0.2) is 0 Å². The van der Waals surface area contributed by atoms with E-state index >= 15 is 0 Å². The monoisotopic (exact) mass is 397 g/mol. The summed E-state index contributed by atoms with van der Waals surface area (Å²) >= 11 is 7.04. The number of halogens is 2. The van der Waals surface area contributed by atoms with Crippen molar-refractivity contribution in [3.63, 3.8) is 0 Å². The highest BCUT2D eigenvalue weighted by molar-refractivity contribution is 9.10. The van der Waals surface area contributed by atoms with Crippen LogP contribution in [0.15, 0.2) is 45.3 Å². The van der Waals surface area contributed by atoms with Crippen LogP contribution >= 0.6 is 31.9 Å². The van der Waals surface area contributed by atoms with E-state index in [4.69, 9.17) is 10.5 Å². The van der Waals surface area contributed by atoms with Crippen molar-refractivity contribution in [2.45, 2.75) is 26.3 Å². The predicted octanol–water partition coefficient (Wildman–Crippen LogP) is 5.59. The van der Waals surface area contributed by atoms with Gasteiger partial charge in [0.2, 0.25) is 0 Å². The molecule has 2 N–H and O–H groups in total. The van der Waals surface area contributed by atoms with Crippen LogP contribution in [-0.2, 0) is 6.54 Å². The molecule has 4 heteroatoms. The Balaban J connectivity index is 2.35. The van der Waals surface area contributed by atoms with E-state index in [9.17, 15) is 0 Å². The zero-order valence-corrected chi connectivity index (χ0v) is 14.7. The molecule has 0 fully saturated rings. The second kappa shape index (κ2) is 6.74. The smallest absolute Gasteiger partial charge is 0.141 e. The molecule has 0 heterocycles. The second-order valence-corrected chi connectivity index (χ2v) is 6.68. The van der Waals surface area contributed by atoms with Gasteiger partial charge in [0.05, 0.1) is 4.47 Å². The maximum atomic E-state index is 6.05. The summed E-state index contributed by atoms with van der Waals surface area (Å²) in [6.45, 7) is 4.83. The Kier molecular flexibility index (Phi) is 5.24. The number of ether oxygens (including phenoxy) is 1. The zero-order chi connectivity index (χ0) is 14.7. The van der Waals surface area contributed by atoms with Crippen LogP contribution in [0.25, 0.3) is 0 Å². The maximum absolute atomic E-state index is 6.05. The van der Waals surface area contributed by atoms with Gasteiger partial charge in [-0.3, -0.25) is 0 Å². The first-order valence-electron chi connectivity index (χ1n) is 6.47. The van der Waals surface area contributed by atoms with Crippen LogP contribution in [0.1, 0.15) is 30.9 Å². The fourth-order valence-electron chi connectivity index (χ4n) is 1.94. The molecular formula is C16H17Br2NO. The number of rotatable bonds is 4. The van der Waals surface area contributed by atoms with E-state index in [0.29, 0.717) is 12.5 Å². The molecule has 2 aromatic carbocycles. The first kappa shape index (κ1) is 15.5. The molecule has 0 spiro atoms. The highest BCUT2D eigenvalue weighted by Crippen LogP contribution is 2.36. The third-order valence-electron chi connectivity index (χ3n) is 3.05. The van der Waals surface area contributed by atoms with Gasteiger partial charge in [-0.25, -0.2) is 0 Å². The summed E-state index contributed by atoms with van der Waals surface area (Å²) in [6, 6.07) is 12.0. The molecule has 0 aliphatic heterocycles. The fraction of sp³-hybridized carbons (Fsp3) is 0.250. The molecule has 0 saturated carbocycles. The van der Waals surface area contributed by atoms with Gasteiger partial charge in [0.15, 0.2) is 0 Å². The molecule has 0 radical (unpaired) electrons. The molecule has 0 aliphatic rings. The number of nitrogens with two attached hydrogens (primary N) is 1. The summed E-state index contributed by atoms with van der Waals surface area (Å²) in [5, 5.41) is 0. The Morgan fingerprint density at radius 1 is 1.05 bits per heavy atom. The normalized spacial score (nSPS) is 10.9.